The molecule has 0 unspecified atom stereocenters. The van der Waals surface area contributed by atoms with Crippen molar-refractivity contribution in [2.24, 2.45) is 0 Å². The van der Waals surface area contributed by atoms with Gasteiger partial charge in [0, 0.05) is 0 Å². The summed E-state index contributed by atoms with van der Waals surface area (Å²) >= 11 is 0. The first-order chi connectivity index (χ1) is 4.79. The van der Waals surface area contributed by atoms with Gasteiger partial charge in [-0.25, -0.2) is 0 Å². The number of hydrogen-bond acceptors (Lipinski definition) is 0. The van der Waals surface area contributed by atoms with Crippen LogP contribution in [0.4, 0.5) is 0 Å². The number of hydrogen-bond donors (Lipinski definition) is 0. The van der Waals surface area contributed by atoms with Gasteiger partial charge in [0.05, 0.1) is 0 Å². The molecule has 0 N–H and O–H groups in total. The third-order valence-corrected chi connectivity index (χ3v) is 2.97. The summed E-state index contributed by atoms with van der Waals surface area (Å²) in [4.78, 5) is 0. The fourth-order valence-corrected chi connectivity index (χ4v) is 2.42. The van der Waals surface area contributed by atoms with E-state index in [4.69, 9.17) is 0 Å². The van der Waals surface area contributed by atoms with Crippen molar-refractivity contribution < 1.29 is 0 Å². The van der Waals surface area contributed by atoms with Crippen LogP contribution in [-0.4, -0.2) is 5.80 Å². The largest absolute Gasteiger partial charge is 0.0719 e. The van der Waals surface area contributed by atoms with Crippen LogP contribution in [0.3, 0.4) is 0 Å². The first-order valence-electron chi connectivity index (χ1n) is 3.43. The SMILES string of the molecule is CC1=CC=C2C=PC(C)=C12. The molecule has 0 spiro atoms. The maximum Gasteiger partial charge on any atom is -0.00763 e. The molecular weight excluding hydrogens is 139 g/mol. The van der Waals surface area contributed by atoms with Gasteiger partial charge < -0.3 is 0 Å². The molecule has 0 saturated carbocycles. The lowest BCUT2D eigenvalue weighted by molar-refractivity contribution is 1.42. The summed E-state index contributed by atoms with van der Waals surface area (Å²) in [5, 5.41) is 1.50. The quantitative estimate of drug-likeness (QED) is 0.463. The van der Waals surface area contributed by atoms with Gasteiger partial charge in [-0.05, 0) is 41.7 Å². The Bertz CT molecular complexity index is 301. The highest BCUT2D eigenvalue weighted by molar-refractivity contribution is 7.44. The van der Waals surface area contributed by atoms with E-state index in [1.807, 2.05) is 0 Å². The molecule has 0 atom stereocenters. The molecule has 0 bridgehead atoms. The Morgan fingerprint density at radius 2 is 2.00 bits per heavy atom. The first-order valence-corrected chi connectivity index (χ1v) is 4.39. The van der Waals surface area contributed by atoms with Gasteiger partial charge in [-0.2, -0.15) is 0 Å². The smallest absolute Gasteiger partial charge is 0.00763 e. The number of fused-ring (bicyclic) bond motifs is 1. The standard InChI is InChI=1S/C9H9P/c1-6-3-4-8-5-10-7(2)9(6)8/h3-5H,1-2H3. The van der Waals surface area contributed by atoms with Crippen LogP contribution in [0.1, 0.15) is 13.8 Å². The van der Waals surface area contributed by atoms with Crippen molar-refractivity contribution in [3.05, 3.63) is 34.2 Å². The molecule has 0 radical (unpaired) electrons. The summed E-state index contributed by atoms with van der Waals surface area (Å²) < 4.78 is 0. The lowest BCUT2D eigenvalue weighted by atomic mass is 10.1. The monoisotopic (exact) mass is 148 g/mol. The third-order valence-electron chi connectivity index (χ3n) is 1.95. The summed E-state index contributed by atoms with van der Waals surface area (Å²) in [6, 6.07) is 0. The Morgan fingerprint density at radius 3 is 2.70 bits per heavy atom. The van der Waals surface area contributed by atoms with Crippen LogP contribution >= 0.6 is 8.20 Å². The highest BCUT2D eigenvalue weighted by Gasteiger charge is 2.16. The Hall–Kier alpha value is -0.610. The minimum absolute atomic E-state index is 1.39. The van der Waals surface area contributed by atoms with E-state index in [0.717, 1.165) is 0 Å². The van der Waals surface area contributed by atoms with Crippen LogP contribution in [0.15, 0.2) is 34.2 Å². The number of rotatable bonds is 0. The predicted molar refractivity (Wildman–Crippen MR) is 47.5 cm³/mol. The number of allylic oxidation sites excluding steroid dienone is 6. The first kappa shape index (κ1) is 6.12. The second kappa shape index (κ2) is 1.93. The van der Waals surface area contributed by atoms with E-state index in [0.29, 0.717) is 0 Å². The van der Waals surface area contributed by atoms with Crippen molar-refractivity contribution in [3.8, 4) is 0 Å². The minimum atomic E-state index is 1.39. The minimum Gasteiger partial charge on any atom is -0.0719 e. The average molecular weight is 148 g/mol. The lowest BCUT2D eigenvalue weighted by Crippen LogP contribution is -1.82. The van der Waals surface area contributed by atoms with Gasteiger partial charge in [0.2, 0.25) is 0 Å². The fraction of sp³-hybridized carbons (Fsp3) is 0.222. The summed E-state index contributed by atoms with van der Waals surface area (Å²) in [5.41, 5.74) is 4.34. The molecule has 2 rings (SSSR count). The maximum absolute atomic E-state index is 2.28. The second-order valence-corrected chi connectivity index (χ2v) is 3.88. The van der Waals surface area contributed by atoms with Crippen LogP contribution in [0.5, 0.6) is 0 Å². The molecule has 0 amide bonds. The molecule has 1 heteroatoms. The Kier molecular flexibility index (Phi) is 1.18. The molecule has 2 aliphatic rings. The van der Waals surface area contributed by atoms with Crippen LogP contribution < -0.4 is 0 Å². The average Bonchev–Trinajstić information content (AvgIpc) is 2.40. The van der Waals surface area contributed by atoms with E-state index in [1.54, 1.807) is 0 Å². The molecule has 1 aliphatic heterocycles. The van der Waals surface area contributed by atoms with E-state index in [-0.39, 0.29) is 0 Å². The molecular formula is C9H9P. The normalized spacial score (nSPS) is 23.0. The summed E-state index contributed by atoms with van der Waals surface area (Å²) in [7, 11) is 1.39. The van der Waals surface area contributed by atoms with Crippen molar-refractivity contribution >= 4 is 14.0 Å². The highest BCUT2D eigenvalue weighted by atomic mass is 31.1. The van der Waals surface area contributed by atoms with E-state index >= 15 is 0 Å². The van der Waals surface area contributed by atoms with Gasteiger partial charge in [-0.1, -0.05) is 20.4 Å². The molecule has 0 aromatic carbocycles. The van der Waals surface area contributed by atoms with Crippen LogP contribution in [-0.2, 0) is 0 Å². The van der Waals surface area contributed by atoms with E-state index in [1.165, 1.54) is 30.2 Å². The molecule has 10 heavy (non-hydrogen) atoms. The van der Waals surface area contributed by atoms with Gasteiger partial charge in [-0.15, -0.1) is 0 Å². The topological polar surface area (TPSA) is 0 Å². The zero-order chi connectivity index (χ0) is 7.14. The van der Waals surface area contributed by atoms with Crippen LogP contribution in [0.25, 0.3) is 0 Å². The van der Waals surface area contributed by atoms with E-state index in [9.17, 15) is 0 Å². The van der Waals surface area contributed by atoms with Gasteiger partial charge in [0.1, 0.15) is 0 Å². The molecule has 50 valence electrons. The van der Waals surface area contributed by atoms with Crippen molar-refractivity contribution in [1.82, 2.24) is 0 Å². The lowest BCUT2D eigenvalue weighted by Gasteiger charge is -1.98. The molecule has 0 saturated heterocycles. The van der Waals surface area contributed by atoms with Gasteiger partial charge >= 0.3 is 0 Å². The Balaban J connectivity index is 2.59. The molecule has 0 nitrogen and oxygen atoms in total. The van der Waals surface area contributed by atoms with Crippen LogP contribution in [0.2, 0.25) is 0 Å². The molecule has 0 aromatic rings. The van der Waals surface area contributed by atoms with Crippen molar-refractivity contribution in [2.45, 2.75) is 13.8 Å². The molecule has 1 heterocycles. The highest BCUT2D eigenvalue weighted by Crippen LogP contribution is 2.38. The van der Waals surface area contributed by atoms with E-state index in [2.05, 4.69) is 31.8 Å². The third kappa shape index (κ3) is 0.660. The van der Waals surface area contributed by atoms with Crippen molar-refractivity contribution in [1.29, 1.82) is 0 Å². The molecule has 1 aliphatic carbocycles. The fourth-order valence-electron chi connectivity index (χ4n) is 1.44. The van der Waals surface area contributed by atoms with Gasteiger partial charge in [0.15, 0.2) is 0 Å². The zero-order valence-corrected chi connectivity index (χ0v) is 7.07. The van der Waals surface area contributed by atoms with Crippen LogP contribution in [0, 0.1) is 0 Å². The molecule has 0 fully saturated rings. The Morgan fingerprint density at radius 1 is 1.20 bits per heavy atom. The second-order valence-electron chi connectivity index (χ2n) is 2.69. The van der Waals surface area contributed by atoms with Gasteiger partial charge in [0.25, 0.3) is 0 Å². The summed E-state index contributed by atoms with van der Waals surface area (Å²) in [6.45, 7) is 4.38. The Labute approximate surface area is 62.8 Å². The van der Waals surface area contributed by atoms with E-state index < -0.39 is 0 Å². The van der Waals surface area contributed by atoms with Crippen molar-refractivity contribution in [2.75, 3.05) is 0 Å². The van der Waals surface area contributed by atoms with Crippen molar-refractivity contribution in [3.63, 3.8) is 0 Å². The summed E-state index contributed by atoms with van der Waals surface area (Å²) in [5.74, 6) is 2.28. The van der Waals surface area contributed by atoms with Gasteiger partial charge in [-0.3, -0.25) is 0 Å². The predicted octanol–water partition coefficient (Wildman–Crippen LogP) is 2.91. The molecule has 0 aromatic heterocycles. The zero-order valence-electron chi connectivity index (χ0n) is 6.18. The maximum atomic E-state index is 2.28. The summed E-state index contributed by atoms with van der Waals surface area (Å²) in [6.07, 6.45) is 4.40.